The number of ether oxygens (including phenoxy) is 1. The lowest BCUT2D eigenvalue weighted by molar-refractivity contribution is -0.144. The summed E-state index contributed by atoms with van der Waals surface area (Å²) in [6, 6.07) is 11.8. The van der Waals surface area contributed by atoms with E-state index < -0.39 is 0 Å². The van der Waals surface area contributed by atoms with E-state index in [2.05, 4.69) is 11.6 Å². The number of nitrogens with zero attached hydrogens (tertiary/aromatic N) is 2. The minimum absolute atomic E-state index is 0.100. The Morgan fingerprint density at radius 3 is 2.78 bits per heavy atom. The lowest BCUT2D eigenvalue weighted by Gasteiger charge is -2.11. The van der Waals surface area contributed by atoms with E-state index in [0.29, 0.717) is 21.9 Å². The maximum absolute atomic E-state index is 13.0. The van der Waals surface area contributed by atoms with Crippen molar-refractivity contribution >= 4 is 39.3 Å². The molecule has 0 spiro atoms. The summed E-state index contributed by atoms with van der Waals surface area (Å²) >= 11 is 2.63. The van der Waals surface area contributed by atoms with Crippen molar-refractivity contribution in [1.82, 2.24) is 9.55 Å². The molecule has 0 aliphatic heterocycles. The monoisotopic (exact) mass is 400 g/mol. The zero-order valence-corrected chi connectivity index (χ0v) is 16.8. The molecule has 0 saturated carbocycles. The second kappa shape index (κ2) is 8.54. The van der Waals surface area contributed by atoms with Gasteiger partial charge in [-0.25, -0.2) is 4.98 Å². The van der Waals surface area contributed by atoms with E-state index >= 15 is 0 Å². The maximum Gasteiger partial charge on any atom is 0.316 e. The number of thioether (sulfide) groups is 1. The standard InChI is InChI=1S/C20H20N2O3S2/c1-4-10-22-19(24)18-15(11-16(27-18)14-8-6-5-7-9-14)21-20(22)26-12-17(23)25-13(2)3/h4-9,11,13H,1,10,12H2,2-3H3. The molecule has 27 heavy (non-hydrogen) atoms. The molecule has 3 aromatic rings. The van der Waals surface area contributed by atoms with Gasteiger partial charge < -0.3 is 4.74 Å². The highest BCUT2D eigenvalue weighted by molar-refractivity contribution is 7.99. The molecule has 0 amide bonds. The van der Waals surface area contributed by atoms with E-state index in [4.69, 9.17) is 4.74 Å². The van der Waals surface area contributed by atoms with Gasteiger partial charge in [-0.2, -0.15) is 0 Å². The first-order valence-corrected chi connectivity index (χ1v) is 10.3. The van der Waals surface area contributed by atoms with Crippen LogP contribution in [0, 0.1) is 0 Å². The van der Waals surface area contributed by atoms with Crippen molar-refractivity contribution in [2.75, 3.05) is 5.75 Å². The number of aromatic nitrogens is 2. The number of rotatable bonds is 7. The molecule has 2 heterocycles. The van der Waals surface area contributed by atoms with Gasteiger partial charge >= 0.3 is 5.97 Å². The number of fused-ring (bicyclic) bond motifs is 1. The highest BCUT2D eigenvalue weighted by atomic mass is 32.2. The largest absolute Gasteiger partial charge is 0.462 e. The average molecular weight is 401 g/mol. The van der Waals surface area contributed by atoms with Gasteiger partial charge in [0.1, 0.15) is 4.70 Å². The Balaban J connectivity index is 1.99. The van der Waals surface area contributed by atoms with Crippen LogP contribution in [0.5, 0.6) is 0 Å². The first-order chi connectivity index (χ1) is 13.0. The van der Waals surface area contributed by atoms with Gasteiger partial charge in [0.2, 0.25) is 0 Å². The van der Waals surface area contributed by atoms with Crippen molar-refractivity contribution in [3.8, 4) is 10.4 Å². The van der Waals surface area contributed by atoms with Gasteiger partial charge in [0.05, 0.1) is 17.4 Å². The van der Waals surface area contributed by atoms with E-state index in [1.54, 1.807) is 24.5 Å². The molecule has 0 atom stereocenters. The molecule has 0 saturated heterocycles. The summed E-state index contributed by atoms with van der Waals surface area (Å²) in [5.41, 5.74) is 1.57. The summed E-state index contributed by atoms with van der Waals surface area (Å²) in [7, 11) is 0. The molecular formula is C20H20N2O3S2. The highest BCUT2D eigenvalue weighted by Gasteiger charge is 2.16. The summed E-state index contributed by atoms with van der Waals surface area (Å²) in [6.07, 6.45) is 1.48. The number of carbonyl (C=O) groups excluding carboxylic acids is 1. The summed E-state index contributed by atoms with van der Waals surface area (Å²) in [4.78, 5) is 30.4. The minimum Gasteiger partial charge on any atom is -0.462 e. The fourth-order valence-electron chi connectivity index (χ4n) is 2.56. The van der Waals surface area contributed by atoms with Crippen molar-refractivity contribution in [3.63, 3.8) is 0 Å². The average Bonchev–Trinajstić information content (AvgIpc) is 3.07. The fraction of sp³-hybridized carbons (Fsp3) is 0.250. The van der Waals surface area contributed by atoms with Crippen molar-refractivity contribution in [2.45, 2.75) is 31.7 Å². The van der Waals surface area contributed by atoms with E-state index in [9.17, 15) is 9.59 Å². The Bertz CT molecular complexity index is 1020. The molecule has 140 valence electrons. The molecule has 0 aliphatic rings. The Morgan fingerprint density at radius 1 is 1.37 bits per heavy atom. The predicted octanol–water partition coefficient (Wildman–Crippen LogP) is 4.35. The van der Waals surface area contributed by atoms with Crippen LogP contribution in [-0.4, -0.2) is 27.4 Å². The Morgan fingerprint density at radius 2 is 2.11 bits per heavy atom. The lowest BCUT2D eigenvalue weighted by Crippen LogP contribution is -2.22. The molecule has 7 heteroatoms. The third kappa shape index (κ3) is 4.48. The molecule has 0 bridgehead atoms. The number of hydrogen-bond donors (Lipinski definition) is 0. The second-order valence-electron chi connectivity index (χ2n) is 6.12. The van der Waals surface area contributed by atoms with Gasteiger partial charge in [-0.3, -0.25) is 14.2 Å². The topological polar surface area (TPSA) is 61.2 Å². The maximum atomic E-state index is 13.0. The lowest BCUT2D eigenvalue weighted by atomic mass is 10.2. The highest BCUT2D eigenvalue weighted by Crippen LogP contribution is 2.32. The zero-order chi connectivity index (χ0) is 19.4. The number of esters is 1. The third-order valence-electron chi connectivity index (χ3n) is 3.66. The van der Waals surface area contributed by atoms with E-state index in [1.807, 2.05) is 36.4 Å². The van der Waals surface area contributed by atoms with Gasteiger partial charge in [-0.15, -0.1) is 17.9 Å². The minimum atomic E-state index is -0.329. The smallest absolute Gasteiger partial charge is 0.316 e. The number of benzene rings is 1. The molecule has 0 N–H and O–H groups in total. The normalized spacial score (nSPS) is 11.1. The molecular weight excluding hydrogens is 380 g/mol. The zero-order valence-electron chi connectivity index (χ0n) is 15.2. The van der Waals surface area contributed by atoms with Crippen LogP contribution < -0.4 is 5.56 Å². The molecule has 0 radical (unpaired) electrons. The van der Waals surface area contributed by atoms with Crippen LogP contribution in [0.4, 0.5) is 0 Å². The third-order valence-corrected chi connectivity index (χ3v) is 5.77. The second-order valence-corrected chi connectivity index (χ2v) is 8.11. The molecule has 0 unspecified atom stereocenters. The van der Waals surface area contributed by atoms with Crippen molar-refractivity contribution < 1.29 is 9.53 Å². The summed E-state index contributed by atoms with van der Waals surface area (Å²) in [6.45, 7) is 7.66. The van der Waals surface area contributed by atoms with Gasteiger partial charge in [0, 0.05) is 11.4 Å². The van der Waals surface area contributed by atoms with Crippen LogP contribution in [0.25, 0.3) is 20.7 Å². The van der Waals surface area contributed by atoms with Gasteiger partial charge in [0.15, 0.2) is 5.16 Å². The molecule has 1 aromatic carbocycles. The first kappa shape index (κ1) is 19.4. The molecule has 3 rings (SSSR count). The van der Waals surface area contributed by atoms with Crippen LogP contribution in [-0.2, 0) is 16.1 Å². The number of hydrogen-bond acceptors (Lipinski definition) is 6. The van der Waals surface area contributed by atoms with Gasteiger partial charge in [-0.05, 0) is 25.5 Å². The van der Waals surface area contributed by atoms with Crippen molar-refractivity contribution in [2.24, 2.45) is 0 Å². The summed E-state index contributed by atoms with van der Waals surface area (Å²) in [5.74, 6) is -0.229. The molecule has 0 aliphatic carbocycles. The predicted molar refractivity (Wildman–Crippen MR) is 111 cm³/mol. The van der Waals surface area contributed by atoms with Crippen molar-refractivity contribution in [3.05, 3.63) is 59.4 Å². The van der Waals surface area contributed by atoms with Gasteiger partial charge in [0.25, 0.3) is 5.56 Å². The van der Waals surface area contributed by atoms with E-state index in [1.165, 1.54) is 23.1 Å². The summed E-state index contributed by atoms with van der Waals surface area (Å²) in [5, 5.41) is 0.491. The Hall–Kier alpha value is -2.38. The SMILES string of the molecule is C=CCn1c(SCC(=O)OC(C)C)nc2cc(-c3ccccc3)sc2c1=O. The van der Waals surface area contributed by atoms with Crippen LogP contribution in [0.3, 0.4) is 0 Å². The summed E-state index contributed by atoms with van der Waals surface area (Å²) < 4.78 is 7.31. The van der Waals surface area contributed by atoms with Crippen LogP contribution >= 0.6 is 23.1 Å². The van der Waals surface area contributed by atoms with Crippen LogP contribution in [0.15, 0.2) is 59.0 Å². The Labute approximate surface area is 165 Å². The van der Waals surface area contributed by atoms with Crippen molar-refractivity contribution in [1.29, 1.82) is 0 Å². The van der Waals surface area contributed by atoms with E-state index in [0.717, 1.165) is 10.4 Å². The number of allylic oxidation sites excluding steroid dienone is 1. The number of carbonyl (C=O) groups is 1. The molecule has 0 fully saturated rings. The fourth-order valence-corrected chi connectivity index (χ4v) is 4.40. The quantitative estimate of drug-likeness (QED) is 0.255. The molecule has 5 nitrogen and oxygen atoms in total. The van der Waals surface area contributed by atoms with Crippen LogP contribution in [0.1, 0.15) is 13.8 Å². The molecule has 2 aromatic heterocycles. The first-order valence-electron chi connectivity index (χ1n) is 8.52. The van der Waals surface area contributed by atoms with E-state index in [-0.39, 0.29) is 23.4 Å². The number of thiophene rings is 1. The van der Waals surface area contributed by atoms with Crippen LogP contribution in [0.2, 0.25) is 0 Å². The van der Waals surface area contributed by atoms with Gasteiger partial charge in [-0.1, -0.05) is 48.2 Å². The Kier molecular flexibility index (Phi) is 6.13.